The van der Waals surface area contributed by atoms with Gasteiger partial charge in [0.25, 0.3) is 10.0 Å². The van der Waals surface area contributed by atoms with Crippen LogP contribution in [0.25, 0.3) is 0 Å². The highest BCUT2D eigenvalue weighted by molar-refractivity contribution is 7.92. The summed E-state index contributed by atoms with van der Waals surface area (Å²) in [5.41, 5.74) is -0.357. The van der Waals surface area contributed by atoms with Crippen LogP contribution in [0.5, 0.6) is 5.75 Å². The van der Waals surface area contributed by atoms with Gasteiger partial charge in [-0.1, -0.05) is 75.2 Å². The Hall–Kier alpha value is -2.74. The second kappa shape index (κ2) is 15.5. The number of nitrogens with zero attached hydrogens (tertiary/aromatic N) is 1. The van der Waals surface area contributed by atoms with Crippen LogP contribution in [0.3, 0.4) is 0 Å². The van der Waals surface area contributed by atoms with E-state index in [1.807, 2.05) is 20.8 Å². The van der Waals surface area contributed by atoms with E-state index < -0.39 is 50.7 Å². The van der Waals surface area contributed by atoms with Crippen molar-refractivity contribution < 1.29 is 29.5 Å². The molecule has 0 fully saturated rings. The van der Waals surface area contributed by atoms with Gasteiger partial charge in [0.05, 0.1) is 24.0 Å². The normalized spacial score (nSPS) is 13.6. The first-order valence-corrected chi connectivity index (χ1v) is 14.4. The quantitative estimate of drug-likeness (QED) is 0.228. The molecule has 1 N–H and O–H groups in total. The lowest BCUT2D eigenvalue weighted by atomic mass is 10.1. The summed E-state index contributed by atoms with van der Waals surface area (Å²) >= 11 is 0. The number of carbonyl (C=O) groups excluding carboxylic acids is 1. The molecule has 206 valence electrons. The molecule has 8 heteroatoms. The van der Waals surface area contributed by atoms with Crippen LogP contribution in [0.15, 0.2) is 59.4 Å². The molecule has 1 amide bonds. The van der Waals surface area contributed by atoms with Gasteiger partial charge in [-0.05, 0) is 57.8 Å². The summed E-state index contributed by atoms with van der Waals surface area (Å²) in [4.78, 5) is 12.8. The Balaban J connectivity index is 1.70. The number of sulfonamides is 1. The van der Waals surface area contributed by atoms with E-state index >= 15 is 0 Å². The fourth-order valence-electron chi connectivity index (χ4n) is 3.55. The largest absolute Gasteiger partial charge is 0.491 e. The lowest BCUT2D eigenvalue weighted by molar-refractivity contribution is 0.0296. The van der Waals surface area contributed by atoms with Gasteiger partial charge in [-0.3, -0.25) is 4.72 Å². The molecule has 0 aliphatic carbocycles. The topological polar surface area (TPSA) is 84.9 Å². The van der Waals surface area contributed by atoms with E-state index in [9.17, 15) is 13.2 Å². The Morgan fingerprint density at radius 3 is 2.11 bits per heavy atom. The molecular formula is C29H44N2O5S. The maximum absolute atomic E-state index is 13.0. The van der Waals surface area contributed by atoms with Crippen LogP contribution in [0, 0.1) is 0 Å². The summed E-state index contributed by atoms with van der Waals surface area (Å²) < 4.78 is 78.7. The third-order valence-corrected chi connectivity index (χ3v) is 6.71. The number of ether oxygens (including phenoxy) is 2. The minimum absolute atomic E-state index is 0.126. The van der Waals surface area contributed by atoms with Crippen molar-refractivity contribution in [2.75, 3.05) is 24.9 Å². The second-order valence-corrected chi connectivity index (χ2v) is 11.6. The van der Waals surface area contributed by atoms with Crippen molar-refractivity contribution in [3.8, 4) is 5.75 Å². The van der Waals surface area contributed by atoms with Gasteiger partial charge in [0.2, 0.25) is 0 Å². The molecule has 2 aromatic carbocycles. The SMILES string of the molecule is [2H]c1c([2H])c([2H])c(S(=O)(=O)Nc2ccccc2OCCCCCCCCCCCN(C)C(=O)OC(C)(C)C)c([2H])c1[2H]. The average Bonchev–Trinajstić information content (AvgIpc) is 2.90. The molecule has 0 aliphatic heterocycles. The van der Waals surface area contributed by atoms with Gasteiger partial charge >= 0.3 is 6.09 Å². The van der Waals surface area contributed by atoms with Crippen LogP contribution in [-0.4, -0.2) is 45.2 Å². The Morgan fingerprint density at radius 2 is 1.49 bits per heavy atom. The van der Waals surface area contributed by atoms with Crippen molar-refractivity contribution in [3.05, 3.63) is 54.5 Å². The molecule has 0 aromatic heterocycles. The summed E-state index contributed by atoms with van der Waals surface area (Å²) in [6.07, 6.45) is 9.09. The number of benzene rings is 2. The molecule has 0 spiro atoms. The first-order valence-electron chi connectivity index (χ1n) is 15.4. The molecule has 2 aromatic rings. The summed E-state index contributed by atoms with van der Waals surface area (Å²) in [6, 6.07) is 2.75. The number of anilines is 1. The molecule has 37 heavy (non-hydrogen) atoms. The van der Waals surface area contributed by atoms with Gasteiger partial charge in [0, 0.05) is 13.6 Å². The molecule has 0 heterocycles. The number of unbranched alkanes of at least 4 members (excludes halogenated alkanes) is 8. The fraction of sp³-hybridized carbons (Fsp3) is 0.552. The zero-order valence-electron chi connectivity index (χ0n) is 27.5. The van der Waals surface area contributed by atoms with Crippen LogP contribution in [0.2, 0.25) is 0 Å². The van der Waals surface area contributed by atoms with Gasteiger partial charge < -0.3 is 14.4 Å². The molecule has 0 saturated heterocycles. The van der Waals surface area contributed by atoms with Crippen LogP contribution in [0.4, 0.5) is 10.5 Å². The molecule has 0 atom stereocenters. The van der Waals surface area contributed by atoms with Gasteiger partial charge in [-0.15, -0.1) is 0 Å². The Kier molecular flexibility index (Phi) is 9.79. The number of hydrogen-bond acceptors (Lipinski definition) is 5. The zero-order valence-corrected chi connectivity index (χ0v) is 23.3. The molecular weight excluding hydrogens is 488 g/mol. The van der Waals surface area contributed by atoms with E-state index in [4.69, 9.17) is 16.3 Å². The lowest BCUT2D eigenvalue weighted by Crippen LogP contribution is -2.34. The summed E-state index contributed by atoms with van der Waals surface area (Å²) in [6.45, 7) is 6.65. The van der Waals surface area contributed by atoms with Crippen molar-refractivity contribution in [2.24, 2.45) is 0 Å². The van der Waals surface area contributed by atoms with Gasteiger partial charge in [0.1, 0.15) is 11.4 Å². The highest BCUT2D eigenvalue weighted by Crippen LogP contribution is 2.27. The van der Waals surface area contributed by atoms with Crippen molar-refractivity contribution in [1.82, 2.24) is 4.90 Å². The van der Waals surface area contributed by atoms with Crippen LogP contribution >= 0.6 is 0 Å². The number of para-hydroxylation sites is 2. The van der Waals surface area contributed by atoms with Crippen LogP contribution in [-0.2, 0) is 14.8 Å². The molecule has 0 aliphatic rings. The van der Waals surface area contributed by atoms with E-state index in [1.165, 1.54) is 6.07 Å². The number of nitrogens with one attached hydrogen (secondary N) is 1. The first-order chi connectivity index (χ1) is 19.7. The van der Waals surface area contributed by atoms with Gasteiger partial charge in [-0.25, -0.2) is 13.2 Å². The number of rotatable bonds is 16. The molecule has 0 radical (unpaired) electrons. The van der Waals surface area contributed by atoms with E-state index in [-0.39, 0.29) is 11.8 Å². The summed E-state index contributed by atoms with van der Waals surface area (Å²) in [5.74, 6) is 0.297. The number of amides is 1. The lowest BCUT2D eigenvalue weighted by Gasteiger charge is -2.24. The monoisotopic (exact) mass is 537 g/mol. The molecule has 0 unspecified atom stereocenters. The Morgan fingerprint density at radius 1 is 0.919 bits per heavy atom. The highest BCUT2D eigenvalue weighted by atomic mass is 32.2. The first kappa shape index (κ1) is 23.4. The van der Waals surface area contributed by atoms with E-state index in [1.54, 1.807) is 30.1 Å². The minimum Gasteiger partial charge on any atom is -0.491 e. The van der Waals surface area contributed by atoms with Crippen LogP contribution in [0.1, 0.15) is 85.4 Å². The van der Waals surface area contributed by atoms with Crippen molar-refractivity contribution in [3.63, 3.8) is 0 Å². The highest BCUT2D eigenvalue weighted by Gasteiger charge is 2.19. The third-order valence-electron chi connectivity index (χ3n) is 5.48. The predicted molar refractivity (Wildman–Crippen MR) is 150 cm³/mol. The standard InChI is InChI=1S/C29H44N2O5S/c1-29(2,3)36-28(32)31(4)23-17-10-8-6-5-7-9-11-18-24-35-27-22-16-15-21-26(27)30-37(33,34)25-19-13-12-14-20-25/h12-16,19-22,30H,5-11,17-18,23-24H2,1-4H3/i12D,13D,14D,19D,20D. The van der Waals surface area contributed by atoms with Gasteiger partial charge in [-0.2, -0.15) is 0 Å². The van der Waals surface area contributed by atoms with E-state index in [0.29, 0.717) is 18.9 Å². The minimum atomic E-state index is -4.48. The summed E-state index contributed by atoms with van der Waals surface area (Å²) in [7, 11) is -2.72. The van der Waals surface area contributed by atoms with E-state index in [2.05, 4.69) is 4.72 Å². The fourth-order valence-corrected chi connectivity index (χ4v) is 4.48. The molecule has 0 bridgehead atoms. The summed E-state index contributed by atoms with van der Waals surface area (Å²) in [5, 5.41) is 0. The number of hydrogen-bond donors (Lipinski definition) is 1. The third kappa shape index (κ3) is 12.4. The predicted octanol–water partition coefficient (Wildman–Crippen LogP) is 7.24. The van der Waals surface area contributed by atoms with E-state index in [0.717, 1.165) is 57.8 Å². The smallest absolute Gasteiger partial charge is 0.410 e. The van der Waals surface area contributed by atoms with Gasteiger partial charge in [0.15, 0.2) is 0 Å². The molecule has 2 rings (SSSR count). The van der Waals surface area contributed by atoms with Crippen molar-refractivity contribution >= 4 is 21.8 Å². The maximum Gasteiger partial charge on any atom is 0.410 e. The van der Waals surface area contributed by atoms with Crippen molar-refractivity contribution in [1.29, 1.82) is 0 Å². The zero-order chi connectivity index (χ0) is 31.5. The molecule has 7 nitrogen and oxygen atoms in total. The average molecular weight is 538 g/mol. The Labute approximate surface area is 230 Å². The Bertz CT molecular complexity index is 1270. The number of carbonyl (C=O) groups is 1. The van der Waals surface area contributed by atoms with Crippen molar-refractivity contribution in [2.45, 2.75) is 89.1 Å². The molecule has 0 saturated carbocycles. The van der Waals surface area contributed by atoms with Crippen LogP contribution < -0.4 is 9.46 Å². The second-order valence-electron chi connectivity index (χ2n) is 9.99. The maximum atomic E-state index is 13.0.